The molecule has 0 aromatic heterocycles. The van der Waals surface area contributed by atoms with Crippen LogP contribution in [0.5, 0.6) is 0 Å². The van der Waals surface area contributed by atoms with Gasteiger partial charge in [0.15, 0.2) is 6.66 Å². The number of amides is 1. The van der Waals surface area contributed by atoms with Crippen LogP contribution in [0.4, 0.5) is 4.79 Å². The second kappa shape index (κ2) is 8.84. The largest absolute Gasteiger partial charge is 0.504 e. The molecule has 2 unspecified atom stereocenters. The molecular formula is C11H21NO7P+. The maximum atomic E-state index is 11.3. The van der Waals surface area contributed by atoms with Crippen molar-refractivity contribution in [1.29, 1.82) is 0 Å². The number of nitrogens with one attached hydrogen (secondary N) is 1. The van der Waals surface area contributed by atoms with Gasteiger partial charge in [-0.3, -0.25) is 10.1 Å². The second-order valence-corrected chi connectivity index (χ2v) is 6.09. The molecule has 0 saturated heterocycles. The molecule has 0 bridgehead atoms. The highest BCUT2D eigenvalue weighted by atomic mass is 31.1. The van der Waals surface area contributed by atoms with Gasteiger partial charge in [-0.15, -0.1) is 4.52 Å². The van der Waals surface area contributed by atoms with Gasteiger partial charge in [0.05, 0.1) is 5.41 Å². The predicted octanol–water partition coefficient (Wildman–Crippen LogP) is 1.36. The standard InChI is InChI=1S/C11H20NO7P/c1-11(2,3)9(14)17-7-18-10(15)12-8(13)5-6-19-20(4)16/h8,13H,5-7H2,1-4H3/p+1. The molecule has 1 amide bonds. The lowest BCUT2D eigenvalue weighted by Crippen LogP contribution is -2.36. The zero-order valence-corrected chi connectivity index (χ0v) is 12.9. The van der Waals surface area contributed by atoms with E-state index in [0.29, 0.717) is 0 Å². The number of hydrogen-bond donors (Lipinski definition) is 2. The van der Waals surface area contributed by atoms with E-state index in [9.17, 15) is 19.3 Å². The number of aliphatic hydroxyl groups is 1. The van der Waals surface area contributed by atoms with Crippen LogP contribution in [-0.2, 0) is 23.4 Å². The van der Waals surface area contributed by atoms with Crippen molar-refractivity contribution in [3.63, 3.8) is 0 Å². The van der Waals surface area contributed by atoms with Crippen LogP contribution in [0.2, 0.25) is 0 Å². The number of alkyl carbamates (subject to hydrolysis) is 1. The van der Waals surface area contributed by atoms with E-state index < -0.39 is 38.5 Å². The molecule has 20 heavy (non-hydrogen) atoms. The molecule has 0 aliphatic heterocycles. The average Bonchev–Trinajstić information content (AvgIpc) is 2.26. The first-order valence-electron chi connectivity index (χ1n) is 5.95. The van der Waals surface area contributed by atoms with Crippen molar-refractivity contribution in [2.24, 2.45) is 5.41 Å². The van der Waals surface area contributed by atoms with E-state index >= 15 is 0 Å². The third-order valence-corrected chi connectivity index (χ3v) is 2.49. The summed E-state index contributed by atoms with van der Waals surface area (Å²) in [5, 5.41) is 11.5. The lowest BCUT2D eigenvalue weighted by molar-refractivity contribution is -0.161. The van der Waals surface area contributed by atoms with Gasteiger partial charge >= 0.3 is 20.1 Å². The molecule has 2 atom stereocenters. The van der Waals surface area contributed by atoms with E-state index in [4.69, 9.17) is 9.26 Å². The van der Waals surface area contributed by atoms with E-state index in [2.05, 4.69) is 10.1 Å². The molecule has 0 rings (SSSR count). The molecule has 0 fully saturated rings. The van der Waals surface area contributed by atoms with Crippen LogP contribution in [-0.4, -0.2) is 43.5 Å². The molecule has 0 aromatic rings. The Balaban J connectivity index is 3.78. The van der Waals surface area contributed by atoms with Crippen LogP contribution in [0, 0.1) is 5.41 Å². The van der Waals surface area contributed by atoms with E-state index in [1.165, 1.54) is 6.66 Å². The Bertz CT molecular complexity index is 353. The van der Waals surface area contributed by atoms with Crippen molar-refractivity contribution in [1.82, 2.24) is 5.32 Å². The highest BCUT2D eigenvalue weighted by molar-refractivity contribution is 7.38. The molecule has 116 valence electrons. The molecule has 8 nitrogen and oxygen atoms in total. The Kier molecular flexibility index (Phi) is 8.29. The molecule has 0 spiro atoms. The first-order valence-corrected chi connectivity index (χ1v) is 7.57. The van der Waals surface area contributed by atoms with Gasteiger partial charge in [-0.25, -0.2) is 4.79 Å². The fourth-order valence-corrected chi connectivity index (χ4v) is 1.26. The number of carbonyl (C=O) groups is 2. The minimum atomic E-state index is -1.74. The predicted molar refractivity (Wildman–Crippen MR) is 70.1 cm³/mol. The summed E-state index contributed by atoms with van der Waals surface area (Å²) in [5.41, 5.74) is -0.687. The molecule has 2 N–H and O–H groups in total. The van der Waals surface area contributed by atoms with Crippen LogP contribution < -0.4 is 5.32 Å². The van der Waals surface area contributed by atoms with Crippen LogP contribution in [0.1, 0.15) is 27.2 Å². The summed E-state index contributed by atoms with van der Waals surface area (Å²) in [6, 6.07) is 0. The SMILES string of the molecule is C[P+](=O)OCCC(O)NC(=O)OCOC(=O)C(C)(C)C. The lowest BCUT2D eigenvalue weighted by atomic mass is 9.98. The molecule has 9 heteroatoms. The summed E-state index contributed by atoms with van der Waals surface area (Å²) in [4.78, 5) is 22.5. The highest BCUT2D eigenvalue weighted by Gasteiger charge is 2.23. The zero-order valence-electron chi connectivity index (χ0n) is 12.0. The first kappa shape index (κ1) is 18.8. The summed E-state index contributed by atoms with van der Waals surface area (Å²) in [7, 11) is -1.74. The third kappa shape index (κ3) is 9.66. The van der Waals surface area contributed by atoms with Crippen molar-refractivity contribution < 1.29 is 33.3 Å². The summed E-state index contributed by atoms with van der Waals surface area (Å²) < 4.78 is 24.6. The van der Waals surface area contributed by atoms with Crippen molar-refractivity contribution in [3.05, 3.63) is 0 Å². The number of hydrogen-bond acceptors (Lipinski definition) is 7. The highest BCUT2D eigenvalue weighted by Crippen LogP contribution is 2.15. The average molecular weight is 310 g/mol. The molecule has 0 heterocycles. The van der Waals surface area contributed by atoms with Gasteiger partial charge < -0.3 is 14.6 Å². The third-order valence-electron chi connectivity index (χ3n) is 1.94. The normalized spacial score (nSPS) is 13.3. The fourth-order valence-electron chi connectivity index (χ4n) is 0.896. The van der Waals surface area contributed by atoms with Gasteiger partial charge in [-0.1, -0.05) is 0 Å². The monoisotopic (exact) mass is 310 g/mol. The Labute approximate surface area is 118 Å². The fraction of sp³-hybridized carbons (Fsp3) is 0.818. The topological polar surface area (TPSA) is 111 Å². The molecule has 0 aromatic carbocycles. The molecule has 0 radical (unpaired) electrons. The maximum absolute atomic E-state index is 11.3. The van der Waals surface area contributed by atoms with Gasteiger partial charge in [-0.2, -0.15) is 0 Å². The minimum absolute atomic E-state index is 0.0339. The number of carbonyl (C=O) groups excluding carboxylic acids is 2. The smallest absolute Gasteiger partial charge is 0.427 e. The van der Waals surface area contributed by atoms with Gasteiger partial charge in [0.1, 0.15) is 12.8 Å². The summed E-state index contributed by atoms with van der Waals surface area (Å²) >= 11 is 0. The number of esters is 1. The van der Waals surface area contributed by atoms with Crippen LogP contribution in [0.25, 0.3) is 0 Å². The van der Waals surface area contributed by atoms with Crippen molar-refractivity contribution in [2.45, 2.75) is 33.4 Å². The van der Waals surface area contributed by atoms with E-state index in [0.717, 1.165) is 0 Å². The second-order valence-electron chi connectivity index (χ2n) is 4.95. The Morgan fingerprint density at radius 3 is 2.40 bits per heavy atom. The zero-order chi connectivity index (χ0) is 15.8. The first-order chi connectivity index (χ1) is 9.12. The van der Waals surface area contributed by atoms with Crippen molar-refractivity contribution >= 4 is 20.1 Å². The van der Waals surface area contributed by atoms with Gasteiger partial charge in [0.2, 0.25) is 6.79 Å². The Morgan fingerprint density at radius 1 is 1.30 bits per heavy atom. The van der Waals surface area contributed by atoms with Crippen molar-refractivity contribution in [3.8, 4) is 0 Å². The van der Waals surface area contributed by atoms with Crippen LogP contribution >= 0.6 is 8.03 Å². The minimum Gasteiger partial charge on any atom is -0.427 e. The number of aliphatic hydroxyl groups excluding tert-OH is 1. The molecular weight excluding hydrogens is 289 g/mol. The summed E-state index contributed by atoms with van der Waals surface area (Å²) in [6.45, 7) is 5.87. The van der Waals surface area contributed by atoms with E-state index in [1.54, 1.807) is 20.8 Å². The quantitative estimate of drug-likeness (QED) is 0.415. The van der Waals surface area contributed by atoms with Gasteiger partial charge in [0.25, 0.3) is 0 Å². The van der Waals surface area contributed by atoms with Crippen LogP contribution in [0.15, 0.2) is 0 Å². The maximum Gasteiger partial charge on any atom is 0.504 e. The molecule has 0 aliphatic carbocycles. The Morgan fingerprint density at radius 2 is 1.90 bits per heavy atom. The molecule has 0 aliphatic rings. The van der Waals surface area contributed by atoms with E-state index in [1.807, 2.05) is 0 Å². The molecule has 0 saturated carbocycles. The number of ether oxygens (including phenoxy) is 2. The summed E-state index contributed by atoms with van der Waals surface area (Å²) in [6.07, 6.45) is -2.07. The van der Waals surface area contributed by atoms with Crippen LogP contribution in [0.3, 0.4) is 0 Å². The Hall–Kier alpha value is -1.24. The lowest BCUT2D eigenvalue weighted by Gasteiger charge is -2.17. The van der Waals surface area contributed by atoms with Crippen molar-refractivity contribution in [2.75, 3.05) is 20.1 Å². The van der Waals surface area contributed by atoms with Gasteiger partial charge in [-0.05, 0) is 25.3 Å². The number of rotatable bonds is 7. The van der Waals surface area contributed by atoms with E-state index in [-0.39, 0.29) is 13.0 Å². The summed E-state index contributed by atoms with van der Waals surface area (Å²) in [5.74, 6) is -0.508. The van der Waals surface area contributed by atoms with Gasteiger partial charge in [0, 0.05) is 6.42 Å².